The molecule has 2 aromatic carbocycles. The number of hydrogen-bond donors (Lipinski definition) is 1. The van der Waals surface area contributed by atoms with Crippen molar-refractivity contribution in [2.45, 2.75) is 6.92 Å². The molecule has 5 nitrogen and oxygen atoms in total. The van der Waals surface area contributed by atoms with Crippen LogP contribution in [0.4, 0.5) is 14.6 Å². The van der Waals surface area contributed by atoms with Gasteiger partial charge in [0.2, 0.25) is 0 Å². The van der Waals surface area contributed by atoms with Crippen molar-refractivity contribution in [3.8, 4) is 11.3 Å². The number of esters is 1. The lowest BCUT2D eigenvalue weighted by molar-refractivity contribution is 0.0600. The molecular weight excluding hydrogens is 366 g/mol. The minimum absolute atomic E-state index is 0.119. The number of aryl methyl sites for hydroxylation is 1. The molecule has 0 aliphatic carbocycles. The molecule has 0 aliphatic rings. The molecule has 7 heteroatoms. The van der Waals surface area contributed by atoms with Crippen molar-refractivity contribution < 1.29 is 23.1 Å². The number of rotatable bonds is 4. The van der Waals surface area contributed by atoms with Gasteiger partial charge in [0.25, 0.3) is 5.91 Å². The van der Waals surface area contributed by atoms with Crippen molar-refractivity contribution in [2.24, 2.45) is 0 Å². The Kier molecular flexibility index (Phi) is 5.44. The van der Waals surface area contributed by atoms with Gasteiger partial charge in [-0.3, -0.25) is 4.79 Å². The Morgan fingerprint density at radius 2 is 1.68 bits per heavy atom. The largest absolute Gasteiger partial charge is 0.465 e. The number of nitrogens with one attached hydrogen (secondary N) is 1. The lowest BCUT2D eigenvalue weighted by atomic mass is 10.0. The average Bonchev–Trinajstić information content (AvgIpc) is 2.67. The summed E-state index contributed by atoms with van der Waals surface area (Å²) in [6.07, 6.45) is 0. The summed E-state index contributed by atoms with van der Waals surface area (Å²) >= 11 is 0. The maximum Gasteiger partial charge on any atom is 0.337 e. The quantitative estimate of drug-likeness (QED) is 0.680. The highest BCUT2D eigenvalue weighted by Gasteiger charge is 2.18. The fourth-order valence-electron chi connectivity index (χ4n) is 2.69. The van der Waals surface area contributed by atoms with Crippen molar-refractivity contribution in [1.29, 1.82) is 0 Å². The smallest absolute Gasteiger partial charge is 0.337 e. The number of carbonyl (C=O) groups excluding carboxylic acids is 2. The highest BCUT2D eigenvalue weighted by atomic mass is 19.1. The van der Waals surface area contributed by atoms with Crippen LogP contribution in [0.15, 0.2) is 54.6 Å². The van der Waals surface area contributed by atoms with Gasteiger partial charge in [0.15, 0.2) is 0 Å². The Hall–Kier alpha value is -3.61. The number of amides is 1. The van der Waals surface area contributed by atoms with Gasteiger partial charge < -0.3 is 10.1 Å². The highest BCUT2D eigenvalue weighted by molar-refractivity contribution is 6.04. The number of carbonyl (C=O) groups is 2. The molecule has 0 radical (unpaired) electrons. The summed E-state index contributed by atoms with van der Waals surface area (Å²) in [5, 5.41) is 2.40. The van der Waals surface area contributed by atoms with E-state index in [2.05, 4.69) is 10.3 Å². The summed E-state index contributed by atoms with van der Waals surface area (Å²) in [6.45, 7) is 1.85. The second-order valence-electron chi connectivity index (χ2n) is 5.98. The Bertz CT molecular complexity index is 1050. The van der Waals surface area contributed by atoms with Crippen molar-refractivity contribution in [2.75, 3.05) is 12.4 Å². The summed E-state index contributed by atoms with van der Waals surface area (Å²) in [5.41, 5.74) is 1.67. The minimum atomic E-state index is -0.963. The molecule has 0 aliphatic heterocycles. The molecule has 142 valence electrons. The van der Waals surface area contributed by atoms with Crippen molar-refractivity contribution >= 4 is 17.7 Å². The normalized spacial score (nSPS) is 10.4. The van der Waals surface area contributed by atoms with Gasteiger partial charge in [0, 0.05) is 5.56 Å². The predicted molar refractivity (Wildman–Crippen MR) is 100 cm³/mol. The third-order valence-corrected chi connectivity index (χ3v) is 4.12. The van der Waals surface area contributed by atoms with E-state index >= 15 is 0 Å². The highest BCUT2D eigenvalue weighted by Crippen LogP contribution is 2.25. The third kappa shape index (κ3) is 3.88. The molecule has 0 fully saturated rings. The standard InChI is InChI=1S/C21H16F2N2O3/c1-12-9-10-13(21(27)28-2)11-14(12)17-7-4-8-18(24-17)25-20(26)19-15(22)5-3-6-16(19)23/h3-11H,1-2H3,(H,24,25,26). The summed E-state index contributed by atoms with van der Waals surface area (Å²) in [4.78, 5) is 28.4. The molecule has 1 aromatic heterocycles. The zero-order chi connectivity index (χ0) is 20.3. The minimum Gasteiger partial charge on any atom is -0.465 e. The van der Waals surface area contributed by atoms with Crippen LogP contribution in [0.1, 0.15) is 26.3 Å². The first kappa shape index (κ1) is 19.2. The zero-order valence-corrected chi connectivity index (χ0v) is 15.1. The van der Waals surface area contributed by atoms with E-state index in [1.807, 2.05) is 6.92 Å². The van der Waals surface area contributed by atoms with Crippen molar-refractivity contribution in [3.05, 3.63) is 82.9 Å². The molecule has 0 bridgehead atoms. The monoisotopic (exact) mass is 382 g/mol. The van der Waals surface area contributed by atoms with Crippen LogP contribution in [0.2, 0.25) is 0 Å². The van der Waals surface area contributed by atoms with Crippen molar-refractivity contribution in [3.63, 3.8) is 0 Å². The van der Waals surface area contributed by atoms with Gasteiger partial charge in [-0.05, 0) is 48.9 Å². The van der Waals surface area contributed by atoms with E-state index in [1.54, 1.807) is 30.3 Å². The number of hydrogen-bond acceptors (Lipinski definition) is 4. The van der Waals surface area contributed by atoms with E-state index in [1.165, 1.54) is 19.2 Å². The maximum absolute atomic E-state index is 13.8. The zero-order valence-electron chi connectivity index (χ0n) is 15.1. The molecule has 1 N–H and O–H groups in total. The molecule has 0 spiro atoms. The van der Waals surface area contributed by atoms with Gasteiger partial charge in [0.1, 0.15) is 23.0 Å². The van der Waals surface area contributed by atoms with E-state index in [-0.39, 0.29) is 5.82 Å². The molecule has 0 unspecified atom stereocenters. The Balaban J connectivity index is 1.93. The van der Waals surface area contributed by atoms with Gasteiger partial charge >= 0.3 is 5.97 Å². The topological polar surface area (TPSA) is 68.3 Å². The van der Waals surface area contributed by atoms with Crippen LogP contribution in [-0.4, -0.2) is 24.0 Å². The number of aromatic nitrogens is 1. The average molecular weight is 382 g/mol. The summed E-state index contributed by atoms with van der Waals surface area (Å²) < 4.78 is 32.3. The van der Waals surface area contributed by atoms with E-state index < -0.39 is 29.1 Å². The Morgan fingerprint density at radius 1 is 1.00 bits per heavy atom. The Labute approximate surface area is 160 Å². The maximum atomic E-state index is 13.8. The first-order chi connectivity index (χ1) is 13.4. The van der Waals surface area contributed by atoms with E-state index in [4.69, 9.17) is 4.74 Å². The number of halogens is 2. The number of anilines is 1. The number of methoxy groups -OCH3 is 1. The van der Waals surface area contributed by atoms with Crippen LogP contribution < -0.4 is 5.32 Å². The van der Waals surface area contributed by atoms with Crippen LogP contribution >= 0.6 is 0 Å². The third-order valence-electron chi connectivity index (χ3n) is 4.12. The van der Waals surface area contributed by atoms with Crippen LogP contribution in [0.25, 0.3) is 11.3 Å². The SMILES string of the molecule is COC(=O)c1ccc(C)c(-c2cccc(NC(=O)c3c(F)cccc3F)n2)c1. The fourth-order valence-corrected chi connectivity index (χ4v) is 2.69. The number of ether oxygens (including phenoxy) is 1. The first-order valence-corrected chi connectivity index (χ1v) is 8.32. The number of benzene rings is 2. The fraction of sp³-hybridized carbons (Fsp3) is 0.0952. The molecule has 0 saturated heterocycles. The van der Waals surface area contributed by atoms with Crippen LogP contribution in [0.5, 0.6) is 0 Å². The lowest BCUT2D eigenvalue weighted by Crippen LogP contribution is -2.16. The van der Waals surface area contributed by atoms with Crippen LogP contribution in [0, 0.1) is 18.6 Å². The molecule has 1 amide bonds. The Morgan fingerprint density at radius 3 is 2.36 bits per heavy atom. The van der Waals surface area contributed by atoms with Gasteiger partial charge in [-0.1, -0.05) is 18.2 Å². The second kappa shape index (κ2) is 7.96. The van der Waals surface area contributed by atoms with E-state index in [0.29, 0.717) is 16.8 Å². The van der Waals surface area contributed by atoms with Gasteiger partial charge in [-0.15, -0.1) is 0 Å². The van der Waals surface area contributed by atoms with Gasteiger partial charge in [0.05, 0.1) is 18.4 Å². The van der Waals surface area contributed by atoms with E-state index in [0.717, 1.165) is 17.7 Å². The summed E-state index contributed by atoms with van der Waals surface area (Å²) in [7, 11) is 1.29. The molecule has 3 rings (SSSR count). The number of pyridine rings is 1. The van der Waals surface area contributed by atoms with Crippen molar-refractivity contribution in [1.82, 2.24) is 4.98 Å². The lowest BCUT2D eigenvalue weighted by Gasteiger charge is -2.10. The van der Waals surface area contributed by atoms with E-state index in [9.17, 15) is 18.4 Å². The molecule has 0 saturated carbocycles. The summed E-state index contributed by atoms with van der Waals surface area (Å²) in [6, 6.07) is 13.0. The van der Waals surface area contributed by atoms with Gasteiger partial charge in [-0.25, -0.2) is 18.6 Å². The predicted octanol–water partition coefficient (Wildman–Crippen LogP) is 4.37. The van der Waals surface area contributed by atoms with Gasteiger partial charge in [-0.2, -0.15) is 0 Å². The molecule has 28 heavy (non-hydrogen) atoms. The van der Waals surface area contributed by atoms with Crippen LogP contribution in [0.3, 0.4) is 0 Å². The number of nitrogens with zero attached hydrogens (tertiary/aromatic N) is 1. The second-order valence-corrected chi connectivity index (χ2v) is 5.98. The molecular formula is C21H16F2N2O3. The molecule has 0 atom stereocenters. The summed E-state index contributed by atoms with van der Waals surface area (Å²) in [5.74, 6) is -3.24. The first-order valence-electron chi connectivity index (χ1n) is 8.32. The molecule has 3 aromatic rings. The molecule has 1 heterocycles. The van der Waals surface area contributed by atoms with Crippen LogP contribution in [-0.2, 0) is 4.74 Å².